The van der Waals surface area contributed by atoms with E-state index in [4.69, 9.17) is 17.3 Å². The van der Waals surface area contributed by atoms with E-state index in [1.807, 2.05) is 6.92 Å². The second kappa shape index (κ2) is 5.27. The average molecular weight is 269 g/mol. The molecule has 4 nitrogen and oxygen atoms in total. The lowest BCUT2D eigenvalue weighted by Crippen LogP contribution is -2.28. The molecule has 1 atom stereocenters. The van der Waals surface area contributed by atoms with E-state index < -0.39 is 10.0 Å². The Balaban J connectivity index is 2.60. The van der Waals surface area contributed by atoms with E-state index in [9.17, 15) is 8.42 Å². The molecule has 0 amide bonds. The van der Waals surface area contributed by atoms with Gasteiger partial charge in [0.2, 0.25) is 10.0 Å². The first-order valence-corrected chi connectivity index (χ1v) is 7.10. The van der Waals surface area contributed by atoms with Crippen LogP contribution in [0.1, 0.15) is 13.3 Å². The van der Waals surface area contributed by atoms with Crippen molar-refractivity contribution in [3.05, 3.63) is 16.5 Å². The molecule has 0 fully saturated rings. The second-order valence-electron chi connectivity index (χ2n) is 3.22. The van der Waals surface area contributed by atoms with Gasteiger partial charge in [-0.05, 0) is 25.5 Å². The van der Waals surface area contributed by atoms with E-state index in [1.165, 1.54) is 6.07 Å². The number of halogens is 1. The summed E-state index contributed by atoms with van der Waals surface area (Å²) in [6.45, 7) is 2.17. The van der Waals surface area contributed by atoms with Crippen LogP contribution in [0.15, 0.2) is 16.3 Å². The van der Waals surface area contributed by atoms with Crippen molar-refractivity contribution in [3.8, 4) is 0 Å². The molecular formula is C8H13ClN2O2S2. The van der Waals surface area contributed by atoms with Gasteiger partial charge in [-0.2, -0.15) is 0 Å². The highest BCUT2D eigenvalue weighted by Crippen LogP contribution is 2.25. The SMILES string of the molecule is CC(N)CCNS(=O)(=O)c1ccc(Cl)s1. The van der Waals surface area contributed by atoms with Gasteiger partial charge >= 0.3 is 0 Å². The highest BCUT2D eigenvalue weighted by atomic mass is 35.5. The van der Waals surface area contributed by atoms with Gasteiger partial charge in [-0.1, -0.05) is 11.6 Å². The maximum atomic E-state index is 11.6. The third kappa shape index (κ3) is 4.08. The highest BCUT2D eigenvalue weighted by Gasteiger charge is 2.15. The van der Waals surface area contributed by atoms with Crippen molar-refractivity contribution >= 4 is 33.0 Å². The van der Waals surface area contributed by atoms with Crippen LogP contribution >= 0.6 is 22.9 Å². The predicted octanol–water partition coefficient (Wildman–Crippen LogP) is 1.42. The molecule has 0 bridgehead atoms. The maximum absolute atomic E-state index is 11.6. The van der Waals surface area contributed by atoms with Crippen LogP contribution in [0.25, 0.3) is 0 Å². The summed E-state index contributed by atoms with van der Waals surface area (Å²) in [6, 6.07) is 3.03. The van der Waals surface area contributed by atoms with E-state index in [2.05, 4.69) is 4.72 Å². The van der Waals surface area contributed by atoms with Crippen molar-refractivity contribution in [1.82, 2.24) is 4.72 Å². The number of hydrogen-bond donors (Lipinski definition) is 2. The van der Waals surface area contributed by atoms with Gasteiger partial charge in [-0.25, -0.2) is 13.1 Å². The summed E-state index contributed by atoms with van der Waals surface area (Å²) in [4.78, 5) is 0. The second-order valence-corrected chi connectivity index (χ2v) is 6.93. The summed E-state index contributed by atoms with van der Waals surface area (Å²) in [5.74, 6) is 0. The summed E-state index contributed by atoms with van der Waals surface area (Å²) < 4.78 is 26.4. The lowest BCUT2D eigenvalue weighted by atomic mass is 10.3. The van der Waals surface area contributed by atoms with Gasteiger partial charge < -0.3 is 5.73 Å². The molecule has 1 heterocycles. The Morgan fingerprint density at radius 1 is 1.60 bits per heavy atom. The molecule has 0 aromatic carbocycles. The molecule has 0 aliphatic heterocycles. The molecular weight excluding hydrogens is 256 g/mol. The van der Waals surface area contributed by atoms with Gasteiger partial charge in [0.25, 0.3) is 0 Å². The normalized spacial score (nSPS) is 14.1. The summed E-state index contributed by atoms with van der Waals surface area (Å²) in [6.07, 6.45) is 0.609. The van der Waals surface area contributed by atoms with Crippen LogP contribution in [0, 0.1) is 0 Å². The van der Waals surface area contributed by atoms with Gasteiger partial charge in [-0.3, -0.25) is 0 Å². The minimum absolute atomic E-state index is 0.0142. The quantitative estimate of drug-likeness (QED) is 0.848. The fraction of sp³-hybridized carbons (Fsp3) is 0.500. The van der Waals surface area contributed by atoms with Crippen LogP contribution in [0.5, 0.6) is 0 Å². The van der Waals surface area contributed by atoms with Gasteiger partial charge in [-0.15, -0.1) is 11.3 Å². The first-order chi connectivity index (χ1) is 6.92. The minimum atomic E-state index is -3.41. The van der Waals surface area contributed by atoms with E-state index in [0.29, 0.717) is 17.3 Å². The fourth-order valence-electron chi connectivity index (χ4n) is 0.934. The van der Waals surface area contributed by atoms with E-state index >= 15 is 0 Å². The van der Waals surface area contributed by atoms with E-state index in [0.717, 1.165) is 11.3 Å². The third-order valence-corrected chi connectivity index (χ3v) is 4.89. The van der Waals surface area contributed by atoms with Crippen LogP contribution in [0.3, 0.4) is 0 Å². The monoisotopic (exact) mass is 268 g/mol. The topological polar surface area (TPSA) is 72.2 Å². The van der Waals surface area contributed by atoms with Crippen molar-refractivity contribution in [3.63, 3.8) is 0 Å². The number of nitrogens with one attached hydrogen (secondary N) is 1. The molecule has 1 aromatic rings. The zero-order chi connectivity index (χ0) is 11.5. The number of rotatable bonds is 5. The smallest absolute Gasteiger partial charge is 0.250 e. The number of sulfonamides is 1. The van der Waals surface area contributed by atoms with Crippen LogP contribution < -0.4 is 10.5 Å². The van der Waals surface area contributed by atoms with Gasteiger partial charge in [0.05, 0.1) is 4.34 Å². The van der Waals surface area contributed by atoms with Crippen molar-refractivity contribution in [1.29, 1.82) is 0 Å². The zero-order valence-corrected chi connectivity index (χ0v) is 10.6. The van der Waals surface area contributed by atoms with Crippen LogP contribution in [0.4, 0.5) is 0 Å². The molecule has 0 aliphatic carbocycles. The molecule has 1 rings (SSSR count). The van der Waals surface area contributed by atoms with Crippen LogP contribution in [-0.4, -0.2) is 21.0 Å². The van der Waals surface area contributed by atoms with Gasteiger partial charge in [0.15, 0.2) is 0 Å². The molecule has 7 heteroatoms. The lowest BCUT2D eigenvalue weighted by Gasteiger charge is -2.06. The Morgan fingerprint density at radius 3 is 2.73 bits per heavy atom. The van der Waals surface area contributed by atoms with Crippen molar-refractivity contribution in [2.45, 2.75) is 23.6 Å². The average Bonchev–Trinajstić information content (AvgIpc) is 2.51. The molecule has 3 N–H and O–H groups in total. The molecule has 0 saturated heterocycles. The van der Waals surface area contributed by atoms with Crippen LogP contribution in [-0.2, 0) is 10.0 Å². The summed E-state index contributed by atoms with van der Waals surface area (Å²) in [7, 11) is -3.41. The third-order valence-electron chi connectivity index (χ3n) is 1.71. The summed E-state index contributed by atoms with van der Waals surface area (Å²) in [5, 5.41) is 0. The largest absolute Gasteiger partial charge is 0.328 e. The molecule has 0 aliphatic rings. The molecule has 0 spiro atoms. The van der Waals surface area contributed by atoms with Crippen molar-refractivity contribution < 1.29 is 8.42 Å². The van der Waals surface area contributed by atoms with E-state index in [1.54, 1.807) is 6.07 Å². The first-order valence-electron chi connectivity index (χ1n) is 4.42. The molecule has 86 valence electrons. The van der Waals surface area contributed by atoms with Crippen molar-refractivity contribution in [2.24, 2.45) is 5.73 Å². The predicted molar refractivity (Wildman–Crippen MR) is 62.8 cm³/mol. The summed E-state index contributed by atoms with van der Waals surface area (Å²) >= 11 is 6.69. The number of hydrogen-bond acceptors (Lipinski definition) is 4. The molecule has 0 radical (unpaired) electrons. The highest BCUT2D eigenvalue weighted by molar-refractivity contribution is 7.91. The summed E-state index contributed by atoms with van der Waals surface area (Å²) in [5.41, 5.74) is 5.51. The fourth-order valence-corrected chi connectivity index (χ4v) is 3.51. The first kappa shape index (κ1) is 12.9. The van der Waals surface area contributed by atoms with Crippen LogP contribution in [0.2, 0.25) is 4.34 Å². The molecule has 1 aromatic heterocycles. The molecule has 0 saturated carbocycles. The minimum Gasteiger partial charge on any atom is -0.328 e. The Labute approximate surface area is 98.5 Å². The Hall–Kier alpha value is -0.140. The molecule has 1 unspecified atom stereocenters. The van der Waals surface area contributed by atoms with Gasteiger partial charge in [0, 0.05) is 12.6 Å². The van der Waals surface area contributed by atoms with E-state index in [-0.39, 0.29) is 10.3 Å². The Bertz CT molecular complexity index is 414. The lowest BCUT2D eigenvalue weighted by molar-refractivity contribution is 0.574. The number of nitrogens with two attached hydrogens (primary N) is 1. The maximum Gasteiger partial charge on any atom is 0.250 e. The zero-order valence-electron chi connectivity index (χ0n) is 8.23. The van der Waals surface area contributed by atoms with Crippen molar-refractivity contribution in [2.75, 3.05) is 6.54 Å². The standard InChI is InChI=1S/C8H13ClN2O2S2/c1-6(10)4-5-11-15(12,13)8-3-2-7(9)14-8/h2-3,6,11H,4-5,10H2,1H3. The Kier molecular flexibility index (Phi) is 4.54. The Morgan fingerprint density at radius 2 is 2.27 bits per heavy atom. The molecule has 15 heavy (non-hydrogen) atoms. The number of thiophene rings is 1. The van der Waals surface area contributed by atoms with Gasteiger partial charge in [0.1, 0.15) is 4.21 Å².